The first-order valence-corrected chi connectivity index (χ1v) is 9.70. The molecule has 31 heavy (non-hydrogen) atoms. The molecule has 0 aliphatic heterocycles. The Kier molecular flexibility index (Phi) is 6.32. The molecule has 0 amide bonds. The van der Waals surface area contributed by atoms with Crippen molar-refractivity contribution in [1.82, 2.24) is 10.1 Å². The quantitative estimate of drug-likeness (QED) is 0.382. The lowest BCUT2D eigenvalue weighted by atomic mass is 10.2. The molecule has 0 atom stereocenters. The Balaban J connectivity index is 1.34. The summed E-state index contributed by atoms with van der Waals surface area (Å²) in [6, 6.07) is 22.8. The van der Waals surface area contributed by atoms with Gasteiger partial charge in [-0.1, -0.05) is 35.5 Å². The van der Waals surface area contributed by atoms with Gasteiger partial charge < -0.3 is 23.5 Å². The molecule has 0 saturated carbocycles. The monoisotopic (exact) mass is 418 g/mol. The van der Waals surface area contributed by atoms with E-state index in [1.54, 1.807) is 20.3 Å². The van der Waals surface area contributed by atoms with Crippen molar-refractivity contribution in [2.45, 2.75) is 13.2 Å². The van der Waals surface area contributed by atoms with Crippen LogP contribution in [0.3, 0.4) is 0 Å². The van der Waals surface area contributed by atoms with Crippen LogP contribution >= 0.6 is 0 Å². The molecule has 3 aromatic carbocycles. The number of aromatic nitrogens is 2. The number of nitrogens with zero attached hydrogens (tertiary/aromatic N) is 2. The predicted octanol–water partition coefficient (Wildman–Crippen LogP) is 4.91. The van der Waals surface area contributed by atoms with Crippen molar-refractivity contribution in [2.75, 3.05) is 14.2 Å². The summed E-state index contributed by atoms with van der Waals surface area (Å²) in [7, 11) is 3.18. The highest BCUT2D eigenvalue weighted by atomic mass is 16.5. The third-order valence-electron chi connectivity index (χ3n) is 4.55. The molecule has 4 aromatic rings. The van der Waals surface area contributed by atoms with E-state index >= 15 is 0 Å². The van der Waals surface area contributed by atoms with Crippen LogP contribution in [0.4, 0.5) is 0 Å². The smallest absolute Gasteiger partial charge is 0.264 e. The Morgan fingerprint density at radius 2 is 1.42 bits per heavy atom. The van der Waals surface area contributed by atoms with Gasteiger partial charge in [0.2, 0.25) is 5.82 Å². The van der Waals surface area contributed by atoms with Gasteiger partial charge >= 0.3 is 0 Å². The number of hydrogen-bond donors (Lipinski definition) is 0. The maximum absolute atomic E-state index is 5.78. The minimum absolute atomic E-state index is 0.149. The molecule has 0 bridgehead atoms. The lowest BCUT2D eigenvalue weighted by molar-refractivity contribution is 0.242. The van der Waals surface area contributed by atoms with Crippen LogP contribution in [-0.2, 0) is 13.2 Å². The number of benzene rings is 3. The fourth-order valence-electron chi connectivity index (χ4n) is 2.92. The van der Waals surface area contributed by atoms with Crippen LogP contribution in [0.15, 0.2) is 77.3 Å². The van der Waals surface area contributed by atoms with Crippen molar-refractivity contribution in [2.24, 2.45) is 0 Å². The number of hydrogen-bond acceptors (Lipinski definition) is 7. The zero-order valence-electron chi connectivity index (χ0n) is 17.3. The van der Waals surface area contributed by atoms with Crippen LogP contribution in [0.5, 0.6) is 23.0 Å². The van der Waals surface area contributed by atoms with Gasteiger partial charge in [0.25, 0.3) is 5.89 Å². The molecule has 0 aliphatic rings. The fraction of sp³-hybridized carbons (Fsp3) is 0.167. The summed E-state index contributed by atoms with van der Waals surface area (Å²) in [5.41, 5.74) is 1.82. The molecule has 0 saturated heterocycles. The molecule has 7 nitrogen and oxygen atoms in total. The van der Waals surface area contributed by atoms with Crippen LogP contribution < -0.4 is 18.9 Å². The summed E-state index contributed by atoms with van der Waals surface area (Å²) in [6.07, 6.45) is 0. The van der Waals surface area contributed by atoms with Gasteiger partial charge in [0.05, 0.1) is 19.8 Å². The van der Waals surface area contributed by atoms with Gasteiger partial charge in [-0.3, -0.25) is 0 Å². The third-order valence-corrected chi connectivity index (χ3v) is 4.55. The molecule has 0 N–H and O–H groups in total. The second kappa shape index (κ2) is 9.67. The van der Waals surface area contributed by atoms with Gasteiger partial charge in [0, 0.05) is 6.07 Å². The van der Waals surface area contributed by atoms with Crippen molar-refractivity contribution >= 4 is 0 Å². The molecular formula is C24H22N2O5. The van der Waals surface area contributed by atoms with E-state index in [9.17, 15) is 0 Å². The number of rotatable bonds is 9. The van der Waals surface area contributed by atoms with E-state index in [1.165, 1.54) is 0 Å². The van der Waals surface area contributed by atoms with E-state index in [0.29, 0.717) is 41.1 Å². The molecule has 0 unspecified atom stereocenters. The highest BCUT2D eigenvalue weighted by Crippen LogP contribution is 2.31. The Morgan fingerprint density at radius 1 is 0.742 bits per heavy atom. The van der Waals surface area contributed by atoms with Gasteiger partial charge in [-0.15, -0.1) is 0 Å². The Morgan fingerprint density at radius 3 is 2.10 bits per heavy atom. The molecule has 0 aliphatic carbocycles. The average Bonchev–Trinajstić information content (AvgIpc) is 3.31. The van der Waals surface area contributed by atoms with E-state index in [1.807, 2.05) is 66.7 Å². The van der Waals surface area contributed by atoms with Gasteiger partial charge in [-0.05, 0) is 42.0 Å². The molecule has 7 heteroatoms. The summed E-state index contributed by atoms with van der Waals surface area (Å²) >= 11 is 0. The minimum Gasteiger partial charge on any atom is -0.497 e. The SMILES string of the molecule is COc1ccc(-c2noc(COc3ccc(OCc4ccccc4)cc3)n2)c(OC)c1. The van der Waals surface area contributed by atoms with Crippen LogP contribution in [0.25, 0.3) is 11.4 Å². The van der Waals surface area contributed by atoms with Gasteiger partial charge in [0.1, 0.15) is 29.6 Å². The van der Waals surface area contributed by atoms with Gasteiger partial charge in [-0.25, -0.2) is 0 Å². The van der Waals surface area contributed by atoms with Crippen molar-refractivity contribution in [3.05, 3.63) is 84.3 Å². The van der Waals surface area contributed by atoms with Crippen molar-refractivity contribution in [1.29, 1.82) is 0 Å². The molecular weight excluding hydrogens is 396 g/mol. The lowest BCUT2D eigenvalue weighted by Gasteiger charge is -2.08. The standard InChI is InChI=1S/C24H22N2O5/c1-27-20-12-13-21(22(14-20)28-2)24-25-23(31-26-24)16-30-19-10-8-18(9-11-19)29-15-17-6-4-3-5-7-17/h3-14H,15-16H2,1-2H3. The van der Waals surface area contributed by atoms with Crippen molar-refractivity contribution < 1.29 is 23.5 Å². The van der Waals surface area contributed by atoms with Gasteiger partial charge in [0.15, 0.2) is 6.61 Å². The fourth-order valence-corrected chi connectivity index (χ4v) is 2.92. The molecule has 0 spiro atoms. The highest BCUT2D eigenvalue weighted by molar-refractivity contribution is 5.65. The van der Waals surface area contributed by atoms with E-state index in [2.05, 4.69) is 10.1 Å². The zero-order chi connectivity index (χ0) is 21.5. The lowest BCUT2D eigenvalue weighted by Crippen LogP contribution is -1.97. The van der Waals surface area contributed by atoms with Crippen LogP contribution in [0, 0.1) is 0 Å². The predicted molar refractivity (Wildman–Crippen MR) is 114 cm³/mol. The summed E-state index contributed by atoms with van der Waals surface area (Å²) in [4.78, 5) is 4.39. The zero-order valence-corrected chi connectivity index (χ0v) is 17.3. The first kappa shape index (κ1) is 20.3. The maximum atomic E-state index is 5.78. The summed E-state index contributed by atoms with van der Waals surface area (Å²) in [6.45, 7) is 0.663. The Hall–Kier alpha value is -4.00. The second-order valence-corrected chi connectivity index (χ2v) is 6.61. The summed E-state index contributed by atoms with van der Waals surface area (Å²) < 4.78 is 27.5. The first-order chi connectivity index (χ1) is 15.2. The summed E-state index contributed by atoms with van der Waals surface area (Å²) in [5.74, 6) is 3.50. The third kappa shape index (κ3) is 5.14. The Labute approximate surface area is 180 Å². The minimum atomic E-state index is 0.149. The van der Waals surface area contributed by atoms with Crippen molar-refractivity contribution in [3.63, 3.8) is 0 Å². The second-order valence-electron chi connectivity index (χ2n) is 6.61. The van der Waals surface area contributed by atoms with Crippen LogP contribution in [0.1, 0.15) is 11.5 Å². The molecule has 0 fully saturated rings. The molecule has 0 radical (unpaired) electrons. The average molecular weight is 418 g/mol. The van der Waals surface area contributed by atoms with Crippen LogP contribution in [0.2, 0.25) is 0 Å². The van der Waals surface area contributed by atoms with E-state index in [-0.39, 0.29) is 6.61 Å². The topological polar surface area (TPSA) is 75.8 Å². The molecule has 1 aromatic heterocycles. The number of ether oxygens (including phenoxy) is 4. The molecule has 1 heterocycles. The maximum Gasteiger partial charge on any atom is 0.264 e. The van der Waals surface area contributed by atoms with E-state index in [0.717, 1.165) is 11.3 Å². The Bertz CT molecular complexity index is 1110. The number of methoxy groups -OCH3 is 2. The normalized spacial score (nSPS) is 10.5. The van der Waals surface area contributed by atoms with Crippen LogP contribution in [-0.4, -0.2) is 24.4 Å². The van der Waals surface area contributed by atoms with E-state index < -0.39 is 0 Å². The largest absolute Gasteiger partial charge is 0.497 e. The highest BCUT2D eigenvalue weighted by Gasteiger charge is 2.14. The first-order valence-electron chi connectivity index (χ1n) is 9.70. The van der Waals surface area contributed by atoms with Crippen molar-refractivity contribution in [3.8, 4) is 34.4 Å². The van der Waals surface area contributed by atoms with E-state index in [4.69, 9.17) is 23.5 Å². The molecule has 4 rings (SSSR count). The summed E-state index contributed by atoms with van der Waals surface area (Å²) in [5, 5.41) is 4.02. The molecule has 158 valence electrons. The van der Waals surface area contributed by atoms with Gasteiger partial charge in [-0.2, -0.15) is 4.98 Å².